The zero-order valence-corrected chi connectivity index (χ0v) is 15.0. The van der Waals surface area contributed by atoms with Crippen molar-refractivity contribution in [3.8, 4) is 0 Å². The number of carbonyl (C=O) groups excluding carboxylic acids is 1. The van der Waals surface area contributed by atoms with E-state index in [1.54, 1.807) is 0 Å². The Morgan fingerprint density at radius 1 is 1.30 bits per heavy atom. The number of carbonyl (C=O) groups is 1. The van der Waals surface area contributed by atoms with E-state index in [-0.39, 0.29) is 23.9 Å². The Hall–Kier alpha value is -0.0900. The summed E-state index contributed by atoms with van der Waals surface area (Å²) < 4.78 is 5.49. The number of hydrogen-bond donors (Lipinski definition) is 1. The first kappa shape index (κ1) is 18.0. The van der Waals surface area contributed by atoms with E-state index in [0.29, 0.717) is 4.83 Å². The second-order valence-corrected chi connectivity index (χ2v) is 9.12. The largest absolute Gasteiger partial charge is 0.465 e. The van der Waals surface area contributed by atoms with E-state index in [1.165, 1.54) is 0 Å². The molecule has 4 heteroatoms. The lowest BCUT2D eigenvalue weighted by Gasteiger charge is -2.38. The summed E-state index contributed by atoms with van der Waals surface area (Å²) in [6.07, 6.45) is 3.48. The van der Waals surface area contributed by atoms with Crippen LogP contribution in [0.5, 0.6) is 0 Å². The number of ether oxygens (including phenoxy) is 1. The average molecular weight is 349 g/mol. The van der Waals surface area contributed by atoms with Crippen LogP contribution in [-0.2, 0) is 9.53 Å². The summed E-state index contributed by atoms with van der Waals surface area (Å²) in [5.41, 5.74) is -0.655. The number of alkyl halides is 1. The van der Waals surface area contributed by atoms with Gasteiger partial charge in [-0.1, -0.05) is 57.0 Å². The second kappa shape index (κ2) is 6.78. The van der Waals surface area contributed by atoms with Gasteiger partial charge in [0.2, 0.25) is 0 Å². The Labute approximate surface area is 131 Å². The van der Waals surface area contributed by atoms with Gasteiger partial charge in [-0.2, -0.15) is 0 Å². The van der Waals surface area contributed by atoms with Gasteiger partial charge < -0.3 is 9.84 Å². The first-order chi connectivity index (χ1) is 9.04. The molecule has 3 nitrogen and oxygen atoms in total. The molecule has 3 unspecified atom stereocenters. The van der Waals surface area contributed by atoms with Crippen LogP contribution >= 0.6 is 15.9 Å². The highest BCUT2D eigenvalue weighted by Gasteiger charge is 2.38. The van der Waals surface area contributed by atoms with Crippen molar-refractivity contribution in [3.63, 3.8) is 0 Å². The van der Waals surface area contributed by atoms with Crippen molar-refractivity contribution in [1.29, 1.82) is 0 Å². The van der Waals surface area contributed by atoms with Gasteiger partial charge in [0.25, 0.3) is 0 Å². The Morgan fingerprint density at radius 3 is 2.40 bits per heavy atom. The number of aliphatic hydroxyl groups is 1. The lowest BCUT2D eigenvalue weighted by Crippen LogP contribution is -2.43. The molecule has 0 bridgehead atoms. The molecule has 1 saturated carbocycles. The van der Waals surface area contributed by atoms with Gasteiger partial charge in [0, 0.05) is 10.2 Å². The molecule has 1 aliphatic rings. The Balaban J connectivity index is 2.51. The van der Waals surface area contributed by atoms with E-state index in [4.69, 9.17) is 4.74 Å². The molecular weight excluding hydrogens is 320 g/mol. The van der Waals surface area contributed by atoms with E-state index in [0.717, 1.165) is 25.7 Å². The van der Waals surface area contributed by atoms with Crippen molar-refractivity contribution in [1.82, 2.24) is 0 Å². The third-order valence-electron chi connectivity index (χ3n) is 4.09. The van der Waals surface area contributed by atoms with Gasteiger partial charge in [0.15, 0.2) is 0 Å². The van der Waals surface area contributed by atoms with E-state index in [1.807, 2.05) is 34.6 Å². The van der Waals surface area contributed by atoms with Crippen LogP contribution in [0, 0.1) is 16.7 Å². The molecule has 1 N–H and O–H groups in total. The predicted octanol–water partition coefficient (Wildman–Crippen LogP) is 3.92. The van der Waals surface area contributed by atoms with Crippen LogP contribution in [0.15, 0.2) is 0 Å². The standard InChI is InChI=1S/C16H29BrO3/c1-15(2,3)14(19)16(4,5)10-20-13(18)11-7-6-8-12(17)9-11/h11-12,14,19H,6-10H2,1-5H3. The summed E-state index contributed by atoms with van der Waals surface area (Å²) in [5.74, 6) is -0.0981. The van der Waals surface area contributed by atoms with Crippen molar-refractivity contribution >= 4 is 21.9 Å². The van der Waals surface area contributed by atoms with Gasteiger partial charge in [0.1, 0.15) is 0 Å². The van der Waals surface area contributed by atoms with E-state index >= 15 is 0 Å². The highest BCUT2D eigenvalue weighted by atomic mass is 79.9. The summed E-state index contributed by atoms with van der Waals surface area (Å²) in [6, 6.07) is 0. The van der Waals surface area contributed by atoms with Crippen LogP contribution in [0.1, 0.15) is 60.3 Å². The first-order valence-corrected chi connectivity index (χ1v) is 8.44. The molecule has 0 aromatic heterocycles. The van der Waals surface area contributed by atoms with Crippen molar-refractivity contribution in [2.75, 3.05) is 6.61 Å². The highest BCUT2D eigenvalue weighted by Crippen LogP contribution is 2.35. The molecule has 0 saturated heterocycles. The molecular formula is C16H29BrO3. The number of esters is 1. The SMILES string of the molecule is CC(C)(C)C(O)C(C)(C)COC(=O)C1CCCC(Br)C1. The quantitative estimate of drug-likeness (QED) is 0.618. The maximum Gasteiger partial charge on any atom is 0.308 e. The van der Waals surface area contributed by atoms with Crippen LogP contribution in [0.4, 0.5) is 0 Å². The predicted molar refractivity (Wildman–Crippen MR) is 84.9 cm³/mol. The molecule has 0 aliphatic heterocycles. The minimum absolute atomic E-state index is 0.00991. The van der Waals surface area contributed by atoms with Gasteiger partial charge in [-0.3, -0.25) is 4.79 Å². The van der Waals surface area contributed by atoms with Gasteiger partial charge in [-0.05, 0) is 24.7 Å². The summed E-state index contributed by atoms with van der Waals surface area (Å²) in [7, 11) is 0. The summed E-state index contributed by atoms with van der Waals surface area (Å²) >= 11 is 3.59. The highest BCUT2D eigenvalue weighted by molar-refractivity contribution is 9.09. The molecule has 0 aromatic carbocycles. The van der Waals surface area contributed by atoms with Gasteiger partial charge in [-0.25, -0.2) is 0 Å². The van der Waals surface area contributed by atoms with Crippen LogP contribution in [0.3, 0.4) is 0 Å². The third kappa shape index (κ3) is 5.03. The molecule has 1 aliphatic carbocycles. The molecule has 1 rings (SSSR count). The Kier molecular flexibility index (Phi) is 6.09. The van der Waals surface area contributed by atoms with Crippen molar-refractivity contribution in [3.05, 3.63) is 0 Å². The van der Waals surface area contributed by atoms with E-state index in [2.05, 4.69) is 15.9 Å². The fourth-order valence-corrected chi connectivity index (χ4v) is 3.75. The summed E-state index contributed by atoms with van der Waals surface area (Å²) in [4.78, 5) is 12.6. The number of hydrogen-bond acceptors (Lipinski definition) is 3. The molecule has 118 valence electrons. The van der Waals surface area contributed by atoms with Crippen molar-refractivity contribution in [2.24, 2.45) is 16.7 Å². The molecule has 0 aromatic rings. The van der Waals surface area contributed by atoms with Crippen LogP contribution < -0.4 is 0 Å². The fraction of sp³-hybridized carbons (Fsp3) is 0.938. The average Bonchev–Trinajstić information content (AvgIpc) is 2.34. The zero-order chi connectivity index (χ0) is 15.6. The third-order valence-corrected chi connectivity index (χ3v) is 4.92. The van der Waals surface area contributed by atoms with Gasteiger partial charge in [-0.15, -0.1) is 0 Å². The lowest BCUT2D eigenvalue weighted by atomic mass is 9.73. The second-order valence-electron chi connectivity index (χ2n) is 7.83. The van der Waals surface area contributed by atoms with Crippen LogP contribution in [0.25, 0.3) is 0 Å². The fourth-order valence-electron chi connectivity index (χ4n) is 2.97. The maximum atomic E-state index is 12.1. The van der Waals surface area contributed by atoms with Gasteiger partial charge >= 0.3 is 5.97 Å². The summed E-state index contributed by atoms with van der Waals surface area (Å²) in [6.45, 7) is 10.2. The van der Waals surface area contributed by atoms with E-state index < -0.39 is 11.5 Å². The molecule has 3 atom stereocenters. The number of halogens is 1. The Morgan fingerprint density at radius 2 is 1.90 bits per heavy atom. The molecule has 0 amide bonds. The first-order valence-electron chi connectivity index (χ1n) is 7.53. The van der Waals surface area contributed by atoms with Crippen molar-refractivity contribution < 1.29 is 14.6 Å². The lowest BCUT2D eigenvalue weighted by molar-refractivity contribution is -0.157. The van der Waals surface area contributed by atoms with Crippen molar-refractivity contribution in [2.45, 2.75) is 71.2 Å². The number of rotatable bonds is 4. The zero-order valence-electron chi connectivity index (χ0n) is 13.4. The maximum absolute atomic E-state index is 12.1. The molecule has 20 heavy (non-hydrogen) atoms. The van der Waals surface area contributed by atoms with Gasteiger partial charge in [0.05, 0.1) is 18.6 Å². The Bertz CT molecular complexity index is 333. The number of aliphatic hydroxyl groups excluding tert-OH is 1. The monoisotopic (exact) mass is 348 g/mol. The summed E-state index contributed by atoms with van der Waals surface area (Å²) in [5, 5.41) is 10.4. The molecule has 0 radical (unpaired) electrons. The van der Waals surface area contributed by atoms with E-state index in [9.17, 15) is 9.90 Å². The smallest absolute Gasteiger partial charge is 0.308 e. The van der Waals surface area contributed by atoms with Crippen LogP contribution in [0.2, 0.25) is 0 Å². The minimum atomic E-state index is -0.516. The topological polar surface area (TPSA) is 46.5 Å². The molecule has 1 fully saturated rings. The molecule has 0 heterocycles. The minimum Gasteiger partial charge on any atom is -0.465 e. The normalized spacial score (nSPS) is 26.1. The molecule has 0 spiro atoms. The van der Waals surface area contributed by atoms with Crippen LogP contribution in [-0.4, -0.2) is 28.6 Å².